The smallest absolute Gasteiger partial charge is 0.116 e. The molecule has 1 aliphatic rings. The van der Waals surface area contributed by atoms with Gasteiger partial charge in [-0.3, -0.25) is 4.99 Å². The van der Waals surface area contributed by atoms with Crippen molar-refractivity contribution in [1.82, 2.24) is 5.43 Å². The molecular formula is C12H19N3S. The Morgan fingerprint density at radius 2 is 2.25 bits per heavy atom. The Balaban J connectivity index is 1.95. The van der Waals surface area contributed by atoms with Crippen molar-refractivity contribution in [3.8, 4) is 0 Å². The van der Waals surface area contributed by atoms with Crippen LogP contribution in [-0.2, 0) is 6.42 Å². The van der Waals surface area contributed by atoms with Gasteiger partial charge < -0.3 is 5.43 Å². The van der Waals surface area contributed by atoms with Gasteiger partial charge in [-0.1, -0.05) is 25.3 Å². The topological polar surface area (TPSA) is 50.4 Å². The molecule has 0 radical (unpaired) electrons. The van der Waals surface area contributed by atoms with E-state index in [9.17, 15) is 0 Å². The second-order valence-electron chi connectivity index (χ2n) is 4.27. The molecule has 1 aliphatic carbocycles. The highest BCUT2D eigenvalue weighted by Crippen LogP contribution is 2.20. The van der Waals surface area contributed by atoms with Crippen LogP contribution in [0.5, 0.6) is 0 Å². The van der Waals surface area contributed by atoms with Gasteiger partial charge in [0.2, 0.25) is 0 Å². The van der Waals surface area contributed by atoms with Gasteiger partial charge in [-0.25, -0.2) is 5.84 Å². The van der Waals surface area contributed by atoms with Crippen molar-refractivity contribution in [1.29, 1.82) is 0 Å². The maximum atomic E-state index is 5.53. The summed E-state index contributed by atoms with van der Waals surface area (Å²) in [5.41, 5.74) is 2.74. The molecule has 1 fully saturated rings. The highest BCUT2D eigenvalue weighted by molar-refractivity contribution is 7.10. The lowest BCUT2D eigenvalue weighted by molar-refractivity contribution is 0.442. The summed E-state index contributed by atoms with van der Waals surface area (Å²) in [6, 6.07) is 4.67. The molecule has 1 heterocycles. The van der Waals surface area contributed by atoms with Crippen molar-refractivity contribution in [2.75, 3.05) is 0 Å². The van der Waals surface area contributed by atoms with Crippen LogP contribution in [-0.4, -0.2) is 11.9 Å². The molecule has 0 aliphatic heterocycles. The fourth-order valence-electron chi connectivity index (χ4n) is 2.14. The van der Waals surface area contributed by atoms with Crippen LogP contribution in [0.25, 0.3) is 0 Å². The number of amidine groups is 1. The molecule has 0 atom stereocenters. The minimum absolute atomic E-state index is 0.486. The maximum Gasteiger partial charge on any atom is 0.116 e. The van der Waals surface area contributed by atoms with E-state index >= 15 is 0 Å². The zero-order valence-electron chi connectivity index (χ0n) is 9.48. The number of nitrogens with zero attached hydrogens (tertiary/aromatic N) is 1. The number of nitrogens with one attached hydrogen (secondary N) is 1. The maximum absolute atomic E-state index is 5.53. The van der Waals surface area contributed by atoms with E-state index in [2.05, 4.69) is 22.9 Å². The molecule has 0 spiro atoms. The molecule has 3 N–H and O–H groups in total. The van der Waals surface area contributed by atoms with E-state index in [-0.39, 0.29) is 0 Å². The first-order valence-electron chi connectivity index (χ1n) is 5.94. The number of hydrogen-bond acceptors (Lipinski definition) is 3. The molecule has 0 unspecified atom stereocenters. The summed E-state index contributed by atoms with van der Waals surface area (Å²) < 4.78 is 0. The van der Waals surface area contributed by atoms with E-state index in [4.69, 9.17) is 10.8 Å². The number of hydrogen-bond donors (Lipinski definition) is 2. The van der Waals surface area contributed by atoms with E-state index in [0.717, 1.165) is 12.3 Å². The van der Waals surface area contributed by atoms with Crippen molar-refractivity contribution < 1.29 is 0 Å². The van der Waals surface area contributed by atoms with Crippen LogP contribution in [0.4, 0.5) is 0 Å². The average Bonchev–Trinajstić information content (AvgIpc) is 2.82. The van der Waals surface area contributed by atoms with Gasteiger partial charge in [-0.2, -0.15) is 0 Å². The summed E-state index contributed by atoms with van der Waals surface area (Å²) in [4.78, 5) is 6.03. The fourth-order valence-corrected chi connectivity index (χ4v) is 2.85. The third kappa shape index (κ3) is 3.32. The molecule has 1 aromatic rings. The molecule has 3 nitrogen and oxygen atoms in total. The minimum atomic E-state index is 0.486. The van der Waals surface area contributed by atoms with E-state index in [0.29, 0.717) is 6.04 Å². The summed E-state index contributed by atoms with van der Waals surface area (Å²) in [7, 11) is 0. The van der Waals surface area contributed by atoms with Crippen LogP contribution in [0.1, 0.15) is 37.0 Å². The Morgan fingerprint density at radius 1 is 1.44 bits per heavy atom. The quantitative estimate of drug-likeness (QED) is 0.367. The van der Waals surface area contributed by atoms with E-state index in [1.807, 2.05) is 0 Å². The van der Waals surface area contributed by atoms with Gasteiger partial charge in [0, 0.05) is 11.3 Å². The highest BCUT2D eigenvalue weighted by atomic mass is 32.1. The lowest BCUT2D eigenvalue weighted by Crippen LogP contribution is -2.33. The Bertz CT molecular complexity index is 326. The first-order valence-corrected chi connectivity index (χ1v) is 6.82. The third-order valence-electron chi connectivity index (χ3n) is 3.00. The first-order chi connectivity index (χ1) is 7.88. The van der Waals surface area contributed by atoms with Crippen LogP contribution in [0.15, 0.2) is 22.5 Å². The SMILES string of the molecule is NNC(Cc1cccs1)=NC1CCCCC1. The van der Waals surface area contributed by atoms with Gasteiger partial charge in [-0.15, -0.1) is 11.3 Å². The zero-order valence-corrected chi connectivity index (χ0v) is 10.3. The van der Waals surface area contributed by atoms with Gasteiger partial charge in [0.1, 0.15) is 5.84 Å². The Morgan fingerprint density at radius 3 is 2.88 bits per heavy atom. The Labute approximate surface area is 101 Å². The van der Waals surface area contributed by atoms with Gasteiger partial charge in [-0.05, 0) is 24.3 Å². The van der Waals surface area contributed by atoms with Gasteiger partial charge in [0.15, 0.2) is 0 Å². The largest absolute Gasteiger partial charge is 0.312 e. The third-order valence-corrected chi connectivity index (χ3v) is 3.88. The molecule has 1 saturated carbocycles. The number of aliphatic imine (C=N–C) groups is 1. The van der Waals surface area contributed by atoms with E-state index < -0.39 is 0 Å². The van der Waals surface area contributed by atoms with Crippen LogP contribution >= 0.6 is 11.3 Å². The summed E-state index contributed by atoms with van der Waals surface area (Å²) in [6.45, 7) is 0. The Hall–Kier alpha value is -0.870. The first kappa shape index (κ1) is 11.6. The highest BCUT2D eigenvalue weighted by Gasteiger charge is 2.13. The second kappa shape index (κ2) is 6.01. The van der Waals surface area contributed by atoms with Gasteiger partial charge >= 0.3 is 0 Å². The average molecular weight is 237 g/mol. The molecule has 88 valence electrons. The molecule has 0 saturated heterocycles. The second-order valence-corrected chi connectivity index (χ2v) is 5.30. The zero-order chi connectivity index (χ0) is 11.2. The standard InChI is InChI=1S/C12H19N3S/c13-15-12(9-11-7-4-8-16-11)14-10-5-2-1-3-6-10/h4,7-8,10H,1-3,5-6,9,13H2,(H,14,15). The normalized spacial score (nSPS) is 18.7. The minimum Gasteiger partial charge on any atom is -0.312 e. The molecule has 1 aromatic heterocycles. The van der Waals surface area contributed by atoms with Gasteiger partial charge in [0.25, 0.3) is 0 Å². The number of nitrogens with two attached hydrogens (primary N) is 1. The molecule has 0 amide bonds. The van der Waals surface area contributed by atoms with Crippen molar-refractivity contribution in [3.63, 3.8) is 0 Å². The van der Waals surface area contributed by atoms with Crippen molar-refractivity contribution in [3.05, 3.63) is 22.4 Å². The van der Waals surface area contributed by atoms with E-state index in [1.165, 1.54) is 37.0 Å². The van der Waals surface area contributed by atoms with Crippen molar-refractivity contribution in [2.24, 2.45) is 10.8 Å². The molecule has 0 bridgehead atoms. The summed E-state index contributed by atoms with van der Waals surface area (Å²) in [5, 5.41) is 2.09. The monoisotopic (exact) mass is 237 g/mol. The molecule has 0 aromatic carbocycles. The Kier molecular flexibility index (Phi) is 4.36. The number of hydrazine groups is 1. The van der Waals surface area contributed by atoms with Gasteiger partial charge in [0.05, 0.1) is 6.04 Å². The lowest BCUT2D eigenvalue weighted by atomic mass is 9.96. The number of thiophene rings is 1. The van der Waals surface area contributed by atoms with E-state index in [1.54, 1.807) is 11.3 Å². The van der Waals surface area contributed by atoms with Crippen LogP contribution in [0.2, 0.25) is 0 Å². The molecule has 2 rings (SSSR count). The lowest BCUT2D eigenvalue weighted by Gasteiger charge is -2.19. The van der Waals surface area contributed by atoms with Crippen molar-refractivity contribution in [2.45, 2.75) is 44.6 Å². The van der Waals surface area contributed by atoms with Crippen LogP contribution in [0.3, 0.4) is 0 Å². The van der Waals surface area contributed by atoms with Crippen LogP contribution < -0.4 is 11.3 Å². The molecule has 16 heavy (non-hydrogen) atoms. The summed E-state index contributed by atoms with van der Waals surface area (Å²) in [6.07, 6.45) is 7.26. The predicted molar refractivity (Wildman–Crippen MR) is 69.7 cm³/mol. The predicted octanol–water partition coefficient (Wildman–Crippen LogP) is 2.49. The van der Waals surface area contributed by atoms with Crippen LogP contribution in [0, 0.1) is 0 Å². The fraction of sp³-hybridized carbons (Fsp3) is 0.583. The molecule has 4 heteroatoms. The number of rotatable bonds is 3. The van der Waals surface area contributed by atoms with Crippen molar-refractivity contribution >= 4 is 17.2 Å². The summed E-state index contributed by atoms with van der Waals surface area (Å²) >= 11 is 1.75. The molecular weight excluding hydrogens is 218 g/mol. The summed E-state index contributed by atoms with van der Waals surface area (Å²) in [5.74, 6) is 6.46.